The molecule has 30 heavy (non-hydrogen) atoms. The first-order chi connectivity index (χ1) is 14.4. The third-order valence-corrected chi connectivity index (χ3v) is 5.41. The summed E-state index contributed by atoms with van der Waals surface area (Å²) in [5, 5.41) is 3.72. The van der Waals surface area contributed by atoms with Crippen LogP contribution in [0.2, 0.25) is 0 Å². The average Bonchev–Trinajstić information content (AvgIpc) is 2.73. The lowest BCUT2D eigenvalue weighted by Gasteiger charge is -2.15. The summed E-state index contributed by atoms with van der Waals surface area (Å²) in [6.07, 6.45) is 2.69. The van der Waals surface area contributed by atoms with Gasteiger partial charge in [0.2, 0.25) is 0 Å². The molecule has 156 valence electrons. The molecule has 0 unspecified atom stereocenters. The number of nitrogens with zero attached hydrogens (tertiary/aromatic N) is 3. The van der Waals surface area contributed by atoms with Crippen molar-refractivity contribution in [2.45, 2.75) is 13.3 Å². The number of benzene rings is 2. The maximum Gasteiger partial charge on any atom is 0.163 e. The number of pyridine rings is 2. The molecule has 0 saturated carbocycles. The quantitative estimate of drug-likeness (QED) is 0.286. The molecule has 7 heteroatoms. The highest BCUT2D eigenvalue weighted by Gasteiger charge is 2.16. The maximum atomic E-state index is 6.29. The van der Waals surface area contributed by atoms with E-state index in [9.17, 15) is 0 Å². The molecular weight excluding hydrogens is 378 g/mol. The average molecular weight is 406 g/mol. The Bertz CT molecular complexity index is 1250. The fourth-order valence-corrected chi connectivity index (χ4v) is 3.76. The number of aromatic nitrogens is 2. The Morgan fingerprint density at radius 3 is 2.57 bits per heavy atom. The van der Waals surface area contributed by atoms with Crippen molar-refractivity contribution in [2.24, 2.45) is 0 Å². The molecule has 0 atom stereocenters. The van der Waals surface area contributed by atoms with Crippen LogP contribution in [0.4, 0.5) is 11.5 Å². The van der Waals surface area contributed by atoms with Gasteiger partial charge in [-0.1, -0.05) is 6.07 Å². The molecule has 0 aliphatic carbocycles. The summed E-state index contributed by atoms with van der Waals surface area (Å²) in [5.74, 6) is 1.78. The molecule has 2 heterocycles. The molecule has 0 spiro atoms. The van der Waals surface area contributed by atoms with Crippen LogP contribution in [0.1, 0.15) is 12.0 Å². The van der Waals surface area contributed by atoms with Crippen molar-refractivity contribution >= 4 is 44.1 Å². The fourth-order valence-electron chi connectivity index (χ4n) is 3.76. The lowest BCUT2D eigenvalue weighted by atomic mass is 9.99. The Morgan fingerprint density at radius 2 is 1.83 bits per heavy atom. The topological polar surface area (TPSA) is 99.5 Å². The second-order valence-electron chi connectivity index (χ2n) is 7.75. The van der Waals surface area contributed by atoms with Gasteiger partial charge in [-0.05, 0) is 45.1 Å². The van der Waals surface area contributed by atoms with Crippen LogP contribution in [0.15, 0.2) is 30.5 Å². The smallest absolute Gasteiger partial charge is 0.163 e. The van der Waals surface area contributed by atoms with Crippen molar-refractivity contribution in [2.75, 3.05) is 45.8 Å². The van der Waals surface area contributed by atoms with Gasteiger partial charge in [-0.25, -0.2) is 4.98 Å². The van der Waals surface area contributed by atoms with E-state index < -0.39 is 0 Å². The van der Waals surface area contributed by atoms with E-state index in [2.05, 4.69) is 14.9 Å². The van der Waals surface area contributed by atoms with Crippen molar-refractivity contribution in [3.8, 4) is 11.5 Å². The third-order valence-electron chi connectivity index (χ3n) is 5.41. The standard InChI is InChI=1S/C23H27N5O2/c1-13-17(24)7-6-14-21-15-10-19(29-4)20(30-9-5-8-28(2)3)11-18(15)26-12-16(21)23(25)27-22(13)14/h6-7,10-12H,5,8-9,24H2,1-4H3,(H2,25,27). The molecule has 4 aromatic rings. The number of hydrogen-bond donors (Lipinski definition) is 2. The van der Waals surface area contributed by atoms with Gasteiger partial charge in [0, 0.05) is 46.0 Å². The number of rotatable bonds is 6. The summed E-state index contributed by atoms with van der Waals surface area (Å²) in [6.45, 7) is 3.52. The van der Waals surface area contributed by atoms with Gasteiger partial charge >= 0.3 is 0 Å². The van der Waals surface area contributed by atoms with Gasteiger partial charge in [-0.15, -0.1) is 0 Å². The highest BCUT2D eigenvalue weighted by Crippen LogP contribution is 2.39. The van der Waals surface area contributed by atoms with Gasteiger partial charge in [0.1, 0.15) is 5.82 Å². The molecular formula is C23H27N5O2. The molecule has 0 bridgehead atoms. The number of anilines is 2. The van der Waals surface area contributed by atoms with Gasteiger partial charge in [0.15, 0.2) is 11.5 Å². The minimum absolute atomic E-state index is 0.434. The van der Waals surface area contributed by atoms with Crippen LogP contribution in [0, 0.1) is 6.92 Å². The Labute approximate surface area is 175 Å². The van der Waals surface area contributed by atoms with E-state index in [4.69, 9.17) is 20.9 Å². The SMILES string of the molecule is COc1cc2c(cc1OCCCN(C)C)ncc1c(N)nc3c(C)c(N)ccc3c12. The molecule has 0 aliphatic rings. The zero-order valence-electron chi connectivity index (χ0n) is 17.8. The number of methoxy groups -OCH3 is 1. The largest absolute Gasteiger partial charge is 0.493 e. The van der Waals surface area contributed by atoms with Crippen molar-refractivity contribution in [3.63, 3.8) is 0 Å². The second-order valence-corrected chi connectivity index (χ2v) is 7.75. The Hall–Kier alpha value is -3.32. The first kappa shape index (κ1) is 20.0. The van der Waals surface area contributed by atoms with Crippen LogP contribution in [0.5, 0.6) is 11.5 Å². The third kappa shape index (κ3) is 3.41. The summed E-state index contributed by atoms with van der Waals surface area (Å²) in [6, 6.07) is 7.79. The van der Waals surface area contributed by atoms with Gasteiger partial charge in [-0.3, -0.25) is 4.98 Å². The van der Waals surface area contributed by atoms with Crippen molar-refractivity contribution in [1.82, 2.24) is 14.9 Å². The first-order valence-corrected chi connectivity index (χ1v) is 9.93. The zero-order valence-corrected chi connectivity index (χ0v) is 17.8. The van der Waals surface area contributed by atoms with E-state index in [0.717, 1.165) is 51.1 Å². The van der Waals surface area contributed by atoms with E-state index in [1.54, 1.807) is 13.3 Å². The lowest BCUT2D eigenvalue weighted by molar-refractivity contribution is 0.268. The first-order valence-electron chi connectivity index (χ1n) is 9.93. The predicted octanol–water partition coefficient (Wildman–Crippen LogP) is 3.75. The molecule has 0 radical (unpaired) electrons. The van der Waals surface area contributed by atoms with Crippen LogP contribution >= 0.6 is 0 Å². The minimum Gasteiger partial charge on any atom is -0.493 e. The second kappa shape index (κ2) is 7.84. The van der Waals surface area contributed by atoms with Crippen LogP contribution in [-0.4, -0.2) is 49.2 Å². The van der Waals surface area contributed by atoms with Crippen molar-refractivity contribution in [3.05, 3.63) is 36.0 Å². The highest BCUT2D eigenvalue weighted by molar-refractivity contribution is 6.21. The van der Waals surface area contributed by atoms with Gasteiger partial charge < -0.3 is 25.8 Å². The van der Waals surface area contributed by atoms with Crippen LogP contribution in [0.3, 0.4) is 0 Å². The highest BCUT2D eigenvalue weighted by atomic mass is 16.5. The summed E-state index contributed by atoms with van der Waals surface area (Å²) in [5.41, 5.74) is 15.6. The number of fused-ring (bicyclic) bond motifs is 5. The van der Waals surface area contributed by atoms with E-state index in [1.807, 2.05) is 45.3 Å². The monoisotopic (exact) mass is 405 g/mol. The number of ether oxygens (including phenoxy) is 2. The van der Waals surface area contributed by atoms with E-state index >= 15 is 0 Å². The Kier molecular flexibility index (Phi) is 5.22. The summed E-state index contributed by atoms with van der Waals surface area (Å²) >= 11 is 0. The predicted molar refractivity (Wildman–Crippen MR) is 123 cm³/mol. The molecule has 2 aromatic heterocycles. The molecule has 0 fully saturated rings. The molecule has 7 nitrogen and oxygen atoms in total. The van der Waals surface area contributed by atoms with Gasteiger partial charge in [0.25, 0.3) is 0 Å². The molecule has 4 N–H and O–H groups in total. The molecule has 0 amide bonds. The maximum absolute atomic E-state index is 6.29. The van der Waals surface area contributed by atoms with Gasteiger partial charge in [0.05, 0.1) is 24.8 Å². The normalized spacial score (nSPS) is 11.6. The van der Waals surface area contributed by atoms with Crippen molar-refractivity contribution < 1.29 is 9.47 Å². The molecule has 4 rings (SSSR count). The number of nitrogens with two attached hydrogens (primary N) is 2. The van der Waals surface area contributed by atoms with E-state index in [0.29, 0.717) is 29.6 Å². The zero-order chi connectivity index (χ0) is 21.4. The van der Waals surface area contributed by atoms with Crippen molar-refractivity contribution in [1.29, 1.82) is 0 Å². The van der Waals surface area contributed by atoms with Gasteiger partial charge in [-0.2, -0.15) is 0 Å². The summed E-state index contributed by atoms with van der Waals surface area (Å²) < 4.78 is 11.6. The minimum atomic E-state index is 0.434. The molecule has 2 aromatic carbocycles. The molecule has 0 aliphatic heterocycles. The summed E-state index contributed by atoms with van der Waals surface area (Å²) in [7, 11) is 5.74. The van der Waals surface area contributed by atoms with Crippen LogP contribution in [0.25, 0.3) is 32.6 Å². The van der Waals surface area contributed by atoms with E-state index in [-0.39, 0.29) is 0 Å². The number of hydrogen-bond acceptors (Lipinski definition) is 7. The number of nitrogen functional groups attached to an aromatic ring is 2. The fraction of sp³-hybridized carbons (Fsp3) is 0.304. The molecule has 0 saturated heterocycles. The van der Waals surface area contributed by atoms with Crippen LogP contribution in [-0.2, 0) is 0 Å². The Morgan fingerprint density at radius 1 is 1.03 bits per heavy atom. The number of aryl methyl sites for hydroxylation is 1. The lowest BCUT2D eigenvalue weighted by Crippen LogP contribution is -2.15. The Balaban J connectivity index is 1.91. The summed E-state index contributed by atoms with van der Waals surface area (Å²) in [4.78, 5) is 11.3. The van der Waals surface area contributed by atoms with E-state index in [1.165, 1.54) is 0 Å². The van der Waals surface area contributed by atoms with Crippen LogP contribution < -0.4 is 20.9 Å².